The Hall–Kier alpha value is -2.81. The average Bonchev–Trinajstić information content (AvgIpc) is 3.22. The molecule has 0 saturated heterocycles. The van der Waals surface area contributed by atoms with Crippen molar-refractivity contribution in [2.24, 2.45) is 0 Å². The van der Waals surface area contributed by atoms with E-state index in [0.29, 0.717) is 16.3 Å². The number of nitrogens with one attached hydrogen (secondary N) is 1. The molecule has 0 fully saturated rings. The molecule has 0 bridgehead atoms. The van der Waals surface area contributed by atoms with E-state index in [-0.39, 0.29) is 5.82 Å². The molecule has 3 aromatic heterocycles. The largest absolute Gasteiger partial charge is 0.465 e. The second kappa shape index (κ2) is 6.73. The molecule has 140 valence electrons. The zero-order valence-corrected chi connectivity index (χ0v) is 16.1. The van der Waals surface area contributed by atoms with Gasteiger partial charge < -0.3 is 10.1 Å². The fraction of sp³-hybridized carbons (Fsp3) is 0.389. The molecule has 0 unspecified atom stereocenters. The third kappa shape index (κ3) is 3.08. The maximum atomic E-state index is 12.7. The van der Waals surface area contributed by atoms with Crippen LogP contribution in [0, 0.1) is 13.8 Å². The van der Waals surface area contributed by atoms with Crippen molar-refractivity contribution in [2.45, 2.75) is 39.5 Å². The minimum absolute atomic E-state index is 0.0124. The van der Waals surface area contributed by atoms with Gasteiger partial charge in [0.25, 0.3) is 11.7 Å². The molecule has 9 heteroatoms. The number of methoxy groups -OCH3 is 1. The van der Waals surface area contributed by atoms with E-state index in [1.165, 1.54) is 23.0 Å². The summed E-state index contributed by atoms with van der Waals surface area (Å²) in [5.74, 6) is -0.517. The second-order valence-electron chi connectivity index (χ2n) is 6.55. The lowest BCUT2D eigenvalue weighted by atomic mass is 9.95. The molecule has 0 saturated carbocycles. The van der Waals surface area contributed by atoms with E-state index in [2.05, 4.69) is 20.4 Å². The molecule has 0 aliphatic heterocycles. The van der Waals surface area contributed by atoms with Gasteiger partial charge in [0.1, 0.15) is 5.00 Å². The lowest BCUT2D eigenvalue weighted by Gasteiger charge is -2.11. The highest BCUT2D eigenvalue weighted by atomic mass is 32.1. The van der Waals surface area contributed by atoms with Gasteiger partial charge in [-0.2, -0.15) is 4.98 Å². The van der Waals surface area contributed by atoms with Crippen LogP contribution in [-0.2, 0) is 17.6 Å². The number of esters is 1. The Kier molecular flexibility index (Phi) is 4.39. The third-order valence-corrected chi connectivity index (χ3v) is 5.82. The Bertz CT molecular complexity index is 1070. The summed E-state index contributed by atoms with van der Waals surface area (Å²) in [5, 5.41) is 7.55. The molecule has 27 heavy (non-hydrogen) atoms. The first-order valence-electron chi connectivity index (χ1n) is 8.73. The van der Waals surface area contributed by atoms with Crippen LogP contribution in [0.5, 0.6) is 0 Å². The second-order valence-corrected chi connectivity index (χ2v) is 7.65. The first-order chi connectivity index (χ1) is 13.0. The molecule has 4 rings (SSSR count). The summed E-state index contributed by atoms with van der Waals surface area (Å²) in [6, 6.07) is 1.87. The van der Waals surface area contributed by atoms with Gasteiger partial charge in [0.05, 0.1) is 12.7 Å². The third-order valence-electron chi connectivity index (χ3n) is 4.61. The van der Waals surface area contributed by atoms with Crippen molar-refractivity contribution in [3.05, 3.63) is 39.3 Å². The van der Waals surface area contributed by atoms with Crippen LogP contribution in [0.15, 0.2) is 6.07 Å². The highest BCUT2D eigenvalue weighted by Gasteiger charge is 2.28. The molecule has 3 aromatic rings. The number of hydrogen-bond donors (Lipinski definition) is 1. The minimum atomic E-state index is -0.471. The molecule has 1 aliphatic carbocycles. The van der Waals surface area contributed by atoms with Crippen molar-refractivity contribution >= 4 is 34.0 Å². The summed E-state index contributed by atoms with van der Waals surface area (Å²) in [4.78, 5) is 34.7. The highest BCUT2D eigenvalue weighted by molar-refractivity contribution is 7.17. The van der Waals surface area contributed by atoms with Gasteiger partial charge in [-0.3, -0.25) is 4.79 Å². The summed E-state index contributed by atoms with van der Waals surface area (Å²) in [7, 11) is 1.35. The number of nitrogens with zero attached hydrogens (tertiary/aromatic N) is 4. The number of carbonyl (C=O) groups excluding carboxylic acids is 2. The molecule has 3 heterocycles. The number of amides is 1. The lowest BCUT2D eigenvalue weighted by molar-refractivity contribution is 0.0601. The highest BCUT2D eigenvalue weighted by Crippen LogP contribution is 2.38. The SMILES string of the molecule is COC(=O)c1c(NC(=O)c2nc3nc(C)cc(C)n3n2)sc2c1CCCC2. The van der Waals surface area contributed by atoms with Crippen molar-refractivity contribution in [3.8, 4) is 0 Å². The molecular weight excluding hydrogens is 366 g/mol. The van der Waals surface area contributed by atoms with Crippen LogP contribution in [0.2, 0.25) is 0 Å². The van der Waals surface area contributed by atoms with Crippen LogP contribution >= 0.6 is 11.3 Å². The van der Waals surface area contributed by atoms with E-state index in [4.69, 9.17) is 4.74 Å². The Morgan fingerprint density at radius 3 is 2.78 bits per heavy atom. The standard InChI is InChI=1S/C18H19N5O3S/c1-9-8-10(2)23-18(19-9)20-14(22-23)15(24)21-16-13(17(25)26-3)11-6-4-5-7-12(11)27-16/h8H,4-7H2,1-3H3,(H,21,24). The number of carbonyl (C=O) groups is 2. The van der Waals surface area contributed by atoms with Crippen LogP contribution in [0.4, 0.5) is 5.00 Å². The monoisotopic (exact) mass is 385 g/mol. The van der Waals surface area contributed by atoms with Crippen molar-refractivity contribution in [1.29, 1.82) is 0 Å². The normalized spacial score (nSPS) is 13.4. The zero-order valence-electron chi connectivity index (χ0n) is 15.3. The van der Waals surface area contributed by atoms with Gasteiger partial charge in [0.2, 0.25) is 5.82 Å². The van der Waals surface area contributed by atoms with Crippen molar-refractivity contribution in [3.63, 3.8) is 0 Å². The summed E-state index contributed by atoms with van der Waals surface area (Å²) < 4.78 is 6.47. The molecule has 1 aliphatic rings. The predicted molar refractivity (Wildman–Crippen MR) is 101 cm³/mol. The smallest absolute Gasteiger partial charge is 0.341 e. The lowest BCUT2D eigenvalue weighted by Crippen LogP contribution is -2.16. The zero-order chi connectivity index (χ0) is 19.1. The number of thiophene rings is 1. The Morgan fingerprint density at radius 1 is 1.22 bits per heavy atom. The molecule has 0 aromatic carbocycles. The number of anilines is 1. The van der Waals surface area contributed by atoms with Gasteiger partial charge in [0, 0.05) is 16.3 Å². The predicted octanol–water partition coefficient (Wildman–Crippen LogP) is 2.72. The topological polar surface area (TPSA) is 98.5 Å². The summed E-state index contributed by atoms with van der Waals surface area (Å²) in [6.45, 7) is 3.74. The number of rotatable bonds is 3. The van der Waals surface area contributed by atoms with Crippen molar-refractivity contribution < 1.29 is 14.3 Å². The van der Waals surface area contributed by atoms with Gasteiger partial charge in [-0.05, 0) is 51.2 Å². The first-order valence-corrected chi connectivity index (χ1v) is 9.55. The molecule has 0 spiro atoms. The van der Waals surface area contributed by atoms with Gasteiger partial charge in [0.15, 0.2) is 0 Å². The summed E-state index contributed by atoms with van der Waals surface area (Å²) in [6.07, 6.45) is 3.84. The van der Waals surface area contributed by atoms with Gasteiger partial charge in [-0.25, -0.2) is 14.3 Å². The average molecular weight is 385 g/mol. The molecule has 8 nitrogen and oxygen atoms in total. The van der Waals surface area contributed by atoms with Gasteiger partial charge in [-0.15, -0.1) is 16.4 Å². The van der Waals surface area contributed by atoms with Crippen LogP contribution in [0.3, 0.4) is 0 Å². The van der Waals surface area contributed by atoms with E-state index in [1.54, 1.807) is 0 Å². The summed E-state index contributed by atoms with van der Waals surface area (Å²) in [5.41, 5.74) is 3.09. The summed E-state index contributed by atoms with van der Waals surface area (Å²) >= 11 is 1.43. The van der Waals surface area contributed by atoms with E-state index in [0.717, 1.165) is 47.5 Å². The fourth-order valence-electron chi connectivity index (χ4n) is 3.39. The number of aryl methyl sites for hydroxylation is 3. The first kappa shape index (κ1) is 17.6. The van der Waals surface area contributed by atoms with Crippen LogP contribution in [0.1, 0.15) is 55.6 Å². The van der Waals surface area contributed by atoms with Crippen LogP contribution in [0.25, 0.3) is 5.78 Å². The van der Waals surface area contributed by atoms with E-state index < -0.39 is 11.9 Å². The van der Waals surface area contributed by atoms with Crippen molar-refractivity contribution in [2.75, 3.05) is 12.4 Å². The Morgan fingerprint density at radius 2 is 2.00 bits per heavy atom. The van der Waals surface area contributed by atoms with E-state index >= 15 is 0 Å². The molecule has 1 N–H and O–H groups in total. The Labute approximate surface area is 159 Å². The van der Waals surface area contributed by atoms with Gasteiger partial charge in [-0.1, -0.05) is 0 Å². The van der Waals surface area contributed by atoms with E-state index in [9.17, 15) is 9.59 Å². The van der Waals surface area contributed by atoms with Crippen LogP contribution in [-0.4, -0.2) is 38.6 Å². The maximum absolute atomic E-state index is 12.7. The molecule has 0 atom stereocenters. The molecular formula is C18H19N5O3S. The van der Waals surface area contributed by atoms with E-state index in [1.807, 2.05) is 19.9 Å². The maximum Gasteiger partial charge on any atom is 0.341 e. The molecule has 0 radical (unpaired) electrons. The Balaban J connectivity index is 1.70. The number of ether oxygens (including phenoxy) is 1. The number of aromatic nitrogens is 4. The van der Waals surface area contributed by atoms with Gasteiger partial charge >= 0.3 is 5.97 Å². The number of hydrogen-bond acceptors (Lipinski definition) is 7. The number of fused-ring (bicyclic) bond motifs is 2. The van der Waals surface area contributed by atoms with Crippen LogP contribution < -0.4 is 5.32 Å². The fourth-order valence-corrected chi connectivity index (χ4v) is 4.67. The molecule has 1 amide bonds. The minimum Gasteiger partial charge on any atom is -0.465 e. The quantitative estimate of drug-likeness (QED) is 0.696. The van der Waals surface area contributed by atoms with Crippen molar-refractivity contribution in [1.82, 2.24) is 19.6 Å².